The first-order chi connectivity index (χ1) is 5.74. The fourth-order valence-electron chi connectivity index (χ4n) is 0.728. The number of allylic oxidation sites excluding steroid dienone is 1. The summed E-state index contributed by atoms with van der Waals surface area (Å²) in [6, 6.07) is 5.17. The third-order valence-corrected chi connectivity index (χ3v) is 1.33. The summed E-state index contributed by atoms with van der Waals surface area (Å²) in [5.41, 5.74) is 0.102. The monoisotopic (exact) mass is 161 g/mol. The van der Waals surface area contributed by atoms with Crippen molar-refractivity contribution in [2.24, 2.45) is 0 Å². The van der Waals surface area contributed by atoms with Gasteiger partial charge in [0.1, 0.15) is 11.8 Å². The minimum absolute atomic E-state index is 0.102. The summed E-state index contributed by atoms with van der Waals surface area (Å²) >= 11 is 0. The maximum absolute atomic E-state index is 10.8. The lowest BCUT2D eigenvalue weighted by molar-refractivity contribution is -0.113. The summed E-state index contributed by atoms with van der Waals surface area (Å²) in [7, 11) is 0. The molecule has 0 bridgehead atoms. The Bertz CT molecular complexity index is 341. The molecule has 0 aromatic carbocycles. The Morgan fingerprint density at radius 1 is 1.75 bits per heavy atom. The molecular formula is C9H7NO2. The number of hydrogen-bond donors (Lipinski definition) is 0. The molecular weight excluding hydrogens is 154 g/mol. The van der Waals surface area contributed by atoms with E-state index in [9.17, 15) is 4.79 Å². The molecule has 12 heavy (non-hydrogen) atoms. The Labute approximate surface area is 69.9 Å². The lowest BCUT2D eigenvalue weighted by Gasteiger charge is -1.87. The molecule has 0 unspecified atom stereocenters. The maximum atomic E-state index is 10.8. The predicted octanol–water partition coefficient (Wildman–Crippen LogP) is 1.78. The molecule has 0 saturated carbocycles. The van der Waals surface area contributed by atoms with Crippen LogP contribution in [0.15, 0.2) is 28.4 Å². The molecule has 0 atom stereocenters. The number of nitrogens with zero attached hydrogens (tertiary/aromatic N) is 1. The summed E-state index contributed by atoms with van der Waals surface area (Å²) in [6.07, 6.45) is 2.91. The van der Waals surface area contributed by atoms with Crippen LogP contribution in [0.2, 0.25) is 0 Å². The van der Waals surface area contributed by atoms with Crippen LogP contribution in [0.5, 0.6) is 0 Å². The van der Waals surface area contributed by atoms with Crippen LogP contribution >= 0.6 is 0 Å². The molecule has 0 aliphatic heterocycles. The van der Waals surface area contributed by atoms with Crippen LogP contribution in [-0.2, 0) is 4.79 Å². The summed E-state index contributed by atoms with van der Waals surface area (Å²) in [5.74, 6) is 0.260. The average molecular weight is 161 g/mol. The van der Waals surface area contributed by atoms with Gasteiger partial charge in [-0.15, -0.1) is 0 Å². The molecule has 3 heteroatoms. The normalized spacial score (nSPS) is 10.8. The molecule has 1 heterocycles. The van der Waals surface area contributed by atoms with Crippen LogP contribution in [0, 0.1) is 11.3 Å². The summed E-state index contributed by atoms with van der Waals surface area (Å²) < 4.78 is 4.94. The molecule has 0 fully saturated rings. The Hall–Kier alpha value is -1.82. The van der Waals surface area contributed by atoms with Gasteiger partial charge in [0.25, 0.3) is 0 Å². The van der Waals surface area contributed by atoms with Gasteiger partial charge in [-0.05, 0) is 19.1 Å². The second kappa shape index (κ2) is 3.54. The van der Waals surface area contributed by atoms with E-state index in [0.717, 1.165) is 0 Å². The van der Waals surface area contributed by atoms with E-state index in [1.165, 1.54) is 19.3 Å². The molecule has 0 amide bonds. The number of Topliss-reactive ketones (excluding diaryl/α,β-unsaturated/α-hetero) is 1. The highest BCUT2D eigenvalue weighted by Crippen LogP contribution is 2.07. The van der Waals surface area contributed by atoms with Gasteiger partial charge in [0.2, 0.25) is 0 Å². The summed E-state index contributed by atoms with van der Waals surface area (Å²) in [5, 5.41) is 8.51. The van der Waals surface area contributed by atoms with Crippen molar-refractivity contribution in [3.63, 3.8) is 0 Å². The number of nitriles is 1. The third-order valence-electron chi connectivity index (χ3n) is 1.33. The highest BCUT2D eigenvalue weighted by Gasteiger charge is 2.02. The first kappa shape index (κ1) is 8.28. The molecule has 60 valence electrons. The van der Waals surface area contributed by atoms with Crippen LogP contribution in [0.3, 0.4) is 0 Å². The molecule has 0 saturated heterocycles. The molecule has 0 spiro atoms. The maximum Gasteiger partial charge on any atom is 0.170 e. The average Bonchev–Trinajstić information content (AvgIpc) is 2.51. The first-order valence-corrected chi connectivity index (χ1v) is 3.40. The van der Waals surface area contributed by atoms with Crippen molar-refractivity contribution in [1.82, 2.24) is 0 Å². The van der Waals surface area contributed by atoms with E-state index in [1.807, 2.05) is 0 Å². The molecule has 0 N–H and O–H groups in total. The molecule has 1 aromatic heterocycles. The topological polar surface area (TPSA) is 54.0 Å². The largest absolute Gasteiger partial charge is 0.465 e. The summed E-state index contributed by atoms with van der Waals surface area (Å²) in [4.78, 5) is 10.8. The van der Waals surface area contributed by atoms with Crippen molar-refractivity contribution in [1.29, 1.82) is 5.26 Å². The molecule has 1 rings (SSSR count). The van der Waals surface area contributed by atoms with Gasteiger partial charge in [-0.2, -0.15) is 5.26 Å². The Balaban J connectivity index is 2.95. The van der Waals surface area contributed by atoms with Crippen LogP contribution in [0.4, 0.5) is 0 Å². The van der Waals surface area contributed by atoms with Crippen LogP contribution in [0.25, 0.3) is 6.08 Å². The standard InChI is InChI=1S/C9H7NO2/c1-7(11)8(6-10)5-9-3-2-4-12-9/h2-5H,1H3. The molecule has 3 nitrogen and oxygen atoms in total. The minimum atomic E-state index is -0.256. The number of ketones is 1. The van der Waals surface area contributed by atoms with E-state index in [1.54, 1.807) is 18.2 Å². The molecule has 1 aromatic rings. The molecule has 0 radical (unpaired) electrons. The van der Waals surface area contributed by atoms with Crippen molar-refractivity contribution >= 4 is 11.9 Å². The van der Waals surface area contributed by atoms with Crippen molar-refractivity contribution in [2.45, 2.75) is 6.92 Å². The number of carbonyl (C=O) groups excluding carboxylic acids is 1. The Morgan fingerprint density at radius 3 is 2.92 bits per heavy atom. The van der Waals surface area contributed by atoms with Crippen molar-refractivity contribution in [3.05, 3.63) is 29.7 Å². The SMILES string of the molecule is CC(=O)C(C#N)=Cc1ccco1. The van der Waals surface area contributed by atoms with Crippen molar-refractivity contribution < 1.29 is 9.21 Å². The zero-order chi connectivity index (χ0) is 8.97. The van der Waals surface area contributed by atoms with E-state index in [0.29, 0.717) is 5.76 Å². The molecule has 0 aliphatic carbocycles. The number of rotatable bonds is 2. The predicted molar refractivity (Wildman–Crippen MR) is 43.0 cm³/mol. The van der Waals surface area contributed by atoms with Gasteiger partial charge >= 0.3 is 0 Å². The van der Waals surface area contributed by atoms with E-state index in [2.05, 4.69) is 0 Å². The lowest BCUT2D eigenvalue weighted by atomic mass is 10.2. The van der Waals surface area contributed by atoms with E-state index in [-0.39, 0.29) is 11.4 Å². The molecule has 0 aliphatic rings. The van der Waals surface area contributed by atoms with Gasteiger partial charge < -0.3 is 4.42 Å². The zero-order valence-corrected chi connectivity index (χ0v) is 6.57. The Kier molecular flexibility index (Phi) is 2.44. The fourth-order valence-corrected chi connectivity index (χ4v) is 0.728. The minimum Gasteiger partial charge on any atom is -0.465 e. The first-order valence-electron chi connectivity index (χ1n) is 3.40. The number of carbonyl (C=O) groups is 1. The second-order valence-corrected chi connectivity index (χ2v) is 2.24. The van der Waals surface area contributed by atoms with Gasteiger partial charge in [-0.1, -0.05) is 0 Å². The second-order valence-electron chi connectivity index (χ2n) is 2.24. The smallest absolute Gasteiger partial charge is 0.170 e. The van der Waals surface area contributed by atoms with Crippen molar-refractivity contribution in [2.75, 3.05) is 0 Å². The number of hydrogen-bond acceptors (Lipinski definition) is 3. The Morgan fingerprint density at radius 2 is 2.50 bits per heavy atom. The van der Waals surface area contributed by atoms with E-state index >= 15 is 0 Å². The van der Waals surface area contributed by atoms with Gasteiger partial charge in [0.15, 0.2) is 5.78 Å². The van der Waals surface area contributed by atoms with Crippen LogP contribution in [0.1, 0.15) is 12.7 Å². The van der Waals surface area contributed by atoms with Gasteiger partial charge in [0.05, 0.1) is 11.8 Å². The fraction of sp³-hybridized carbons (Fsp3) is 0.111. The van der Waals surface area contributed by atoms with Crippen molar-refractivity contribution in [3.8, 4) is 6.07 Å². The number of furan rings is 1. The highest BCUT2D eigenvalue weighted by molar-refractivity contribution is 6.01. The van der Waals surface area contributed by atoms with E-state index in [4.69, 9.17) is 9.68 Å². The van der Waals surface area contributed by atoms with Gasteiger partial charge in [-0.3, -0.25) is 4.79 Å². The highest BCUT2D eigenvalue weighted by atomic mass is 16.3. The van der Waals surface area contributed by atoms with Crippen LogP contribution < -0.4 is 0 Å². The van der Waals surface area contributed by atoms with Gasteiger partial charge in [0, 0.05) is 6.08 Å². The van der Waals surface area contributed by atoms with Crippen LogP contribution in [-0.4, -0.2) is 5.78 Å². The van der Waals surface area contributed by atoms with E-state index < -0.39 is 0 Å². The third kappa shape index (κ3) is 1.83. The quantitative estimate of drug-likeness (QED) is 0.490. The summed E-state index contributed by atoms with van der Waals surface area (Å²) in [6.45, 7) is 1.35. The zero-order valence-electron chi connectivity index (χ0n) is 6.57. The lowest BCUT2D eigenvalue weighted by Crippen LogP contribution is -1.92. The van der Waals surface area contributed by atoms with Gasteiger partial charge in [-0.25, -0.2) is 0 Å².